The Kier molecular flexibility index (Phi) is 4.54. The van der Waals surface area contributed by atoms with Crippen LogP contribution in [0.2, 0.25) is 5.15 Å². The highest BCUT2D eigenvalue weighted by atomic mass is 35.5. The summed E-state index contributed by atoms with van der Waals surface area (Å²) in [6.45, 7) is 0. The second-order valence-electron chi connectivity index (χ2n) is 6.46. The van der Waals surface area contributed by atoms with E-state index < -0.39 is 0 Å². The largest absolute Gasteiger partial charge is 0.268 e. The Bertz CT molecular complexity index is 1110. The maximum atomic E-state index is 6.23. The van der Waals surface area contributed by atoms with Gasteiger partial charge in [-0.3, -0.25) is 9.55 Å². The molecule has 1 aliphatic rings. The van der Waals surface area contributed by atoms with Gasteiger partial charge in [0.1, 0.15) is 21.7 Å². The fraction of sp³-hybridized carbons (Fsp3) is 0.150. The first-order chi connectivity index (χ1) is 13.8. The highest BCUT2D eigenvalue weighted by Gasteiger charge is 2.27. The van der Waals surface area contributed by atoms with Crippen LogP contribution >= 0.6 is 23.4 Å². The quantitative estimate of drug-likeness (QED) is 0.443. The van der Waals surface area contributed by atoms with Crippen molar-refractivity contribution < 1.29 is 0 Å². The van der Waals surface area contributed by atoms with E-state index in [2.05, 4.69) is 25.1 Å². The topological polar surface area (TPSA) is 69.4 Å². The Hall–Kier alpha value is -2.77. The minimum absolute atomic E-state index is 0.425. The first kappa shape index (κ1) is 17.3. The molecule has 0 N–H and O–H groups in total. The molecule has 0 aliphatic heterocycles. The molecule has 0 spiro atoms. The van der Waals surface area contributed by atoms with Crippen molar-refractivity contribution in [1.82, 2.24) is 29.7 Å². The van der Waals surface area contributed by atoms with E-state index in [9.17, 15) is 0 Å². The molecule has 138 valence electrons. The summed E-state index contributed by atoms with van der Waals surface area (Å²) in [5, 5.41) is 10.7. The number of halogens is 1. The third kappa shape index (κ3) is 3.50. The van der Waals surface area contributed by atoms with Gasteiger partial charge >= 0.3 is 0 Å². The molecule has 0 amide bonds. The van der Waals surface area contributed by atoms with Crippen LogP contribution in [0.15, 0.2) is 71.0 Å². The van der Waals surface area contributed by atoms with Crippen LogP contribution in [0.1, 0.15) is 24.6 Å². The summed E-state index contributed by atoms with van der Waals surface area (Å²) in [6, 6.07) is 17.5. The third-order valence-corrected chi connectivity index (χ3v) is 5.43. The van der Waals surface area contributed by atoms with Crippen molar-refractivity contribution in [1.29, 1.82) is 0 Å². The molecule has 1 aromatic carbocycles. The zero-order valence-corrected chi connectivity index (χ0v) is 16.3. The van der Waals surface area contributed by atoms with E-state index in [1.165, 1.54) is 11.8 Å². The predicted octanol–water partition coefficient (Wildman–Crippen LogP) is 4.80. The van der Waals surface area contributed by atoms with Crippen LogP contribution in [0, 0.1) is 0 Å². The summed E-state index contributed by atoms with van der Waals surface area (Å²) in [5.74, 6) is 1.91. The first-order valence-corrected chi connectivity index (χ1v) is 10.1. The fourth-order valence-corrected chi connectivity index (χ4v) is 4.01. The molecule has 8 heteroatoms. The maximum Gasteiger partial charge on any atom is 0.202 e. The smallest absolute Gasteiger partial charge is 0.202 e. The average Bonchev–Trinajstić information content (AvgIpc) is 3.50. The molecule has 5 rings (SSSR count). The molecule has 4 aromatic rings. The van der Waals surface area contributed by atoms with Gasteiger partial charge in [0, 0.05) is 23.9 Å². The molecule has 3 heterocycles. The molecule has 0 saturated heterocycles. The van der Waals surface area contributed by atoms with E-state index in [4.69, 9.17) is 11.6 Å². The third-order valence-electron chi connectivity index (χ3n) is 4.37. The van der Waals surface area contributed by atoms with Gasteiger partial charge in [0.2, 0.25) is 5.16 Å². The Balaban J connectivity index is 1.59. The van der Waals surface area contributed by atoms with Crippen molar-refractivity contribution in [2.45, 2.75) is 28.9 Å². The van der Waals surface area contributed by atoms with Crippen LogP contribution < -0.4 is 0 Å². The zero-order chi connectivity index (χ0) is 18.9. The molecule has 6 nitrogen and oxygen atoms in total. The van der Waals surface area contributed by atoms with Gasteiger partial charge in [-0.2, -0.15) is 0 Å². The first-order valence-electron chi connectivity index (χ1n) is 8.92. The number of hydrogen-bond acceptors (Lipinski definition) is 6. The van der Waals surface area contributed by atoms with Crippen LogP contribution in [-0.2, 0) is 0 Å². The lowest BCUT2D eigenvalue weighted by Crippen LogP contribution is -2.01. The molecular formula is C20H15ClN6S. The molecule has 28 heavy (non-hydrogen) atoms. The molecule has 1 fully saturated rings. The van der Waals surface area contributed by atoms with Gasteiger partial charge in [0.05, 0.1) is 0 Å². The van der Waals surface area contributed by atoms with E-state index >= 15 is 0 Å². The number of nitrogens with zero attached hydrogens (tertiary/aromatic N) is 6. The van der Waals surface area contributed by atoms with Crippen molar-refractivity contribution >= 4 is 23.4 Å². The summed E-state index contributed by atoms with van der Waals surface area (Å²) in [4.78, 5) is 13.5. The molecule has 0 unspecified atom stereocenters. The van der Waals surface area contributed by atoms with Crippen molar-refractivity contribution in [2.24, 2.45) is 0 Å². The number of aromatic nitrogens is 6. The van der Waals surface area contributed by atoms with E-state index in [-0.39, 0.29) is 0 Å². The average molecular weight is 407 g/mol. The highest BCUT2D eigenvalue weighted by Crippen LogP contribution is 2.40. The maximum absolute atomic E-state index is 6.23. The number of para-hydroxylation sites is 1. The summed E-state index contributed by atoms with van der Waals surface area (Å²) in [5.41, 5.74) is 1.71. The Morgan fingerprint density at radius 3 is 2.54 bits per heavy atom. The summed E-state index contributed by atoms with van der Waals surface area (Å²) in [6.07, 6.45) is 3.99. The van der Waals surface area contributed by atoms with Crippen LogP contribution in [0.25, 0.3) is 17.2 Å². The lowest BCUT2D eigenvalue weighted by molar-refractivity contribution is 0.858. The van der Waals surface area contributed by atoms with Crippen LogP contribution in [0.5, 0.6) is 0 Å². The number of pyridine rings is 1. The van der Waals surface area contributed by atoms with Gasteiger partial charge in [-0.15, -0.1) is 10.2 Å². The number of benzene rings is 1. The highest BCUT2D eigenvalue weighted by molar-refractivity contribution is 7.99. The summed E-state index contributed by atoms with van der Waals surface area (Å²) < 4.78 is 1.99. The number of hydrogen-bond donors (Lipinski definition) is 0. The van der Waals surface area contributed by atoms with E-state index in [1.807, 2.05) is 53.1 Å². The summed E-state index contributed by atoms with van der Waals surface area (Å²) >= 11 is 7.65. The molecule has 0 atom stereocenters. The monoisotopic (exact) mass is 406 g/mol. The van der Waals surface area contributed by atoms with Gasteiger partial charge in [-0.25, -0.2) is 9.97 Å². The van der Waals surface area contributed by atoms with Gasteiger partial charge in [0.15, 0.2) is 5.82 Å². The molecule has 0 radical (unpaired) electrons. The van der Waals surface area contributed by atoms with E-state index in [0.29, 0.717) is 22.1 Å². The van der Waals surface area contributed by atoms with Crippen molar-refractivity contribution in [3.63, 3.8) is 0 Å². The minimum Gasteiger partial charge on any atom is -0.268 e. The molecular weight excluding hydrogens is 392 g/mol. The van der Waals surface area contributed by atoms with Crippen molar-refractivity contribution in [3.05, 3.63) is 71.8 Å². The van der Waals surface area contributed by atoms with Crippen molar-refractivity contribution in [2.75, 3.05) is 0 Å². The Labute approximate surface area is 171 Å². The van der Waals surface area contributed by atoms with E-state index in [1.54, 1.807) is 12.3 Å². The second kappa shape index (κ2) is 7.33. The summed E-state index contributed by atoms with van der Waals surface area (Å²) in [7, 11) is 0. The van der Waals surface area contributed by atoms with Crippen LogP contribution in [0.3, 0.4) is 0 Å². The van der Waals surface area contributed by atoms with Crippen LogP contribution in [0.4, 0.5) is 0 Å². The molecule has 1 aliphatic carbocycles. The van der Waals surface area contributed by atoms with Crippen LogP contribution in [-0.4, -0.2) is 29.7 Å². The zero-order valence-electron chi connectivity index (χ0n) is 14.7. The van der Waals surface area contributed by atoms with Gasteiger partial charge in [-0.05, 0) is 48.9 Å². The van der Waals surface area contributed by atoms with Gasteiger partial charge in [-0.1, -0.05) is 35.9 Å². The van der Waals surface area contributed by atoms with E-state index in [0.717, 1.165) is 35.1 Å². The molecule has 0 bridgehead atoms. The second-order valence-corrected chi connectivity index (χ2v) is 7.83. The molecule has 1 saturated carbocycles. The predicted molar refractivity (Wildman–Crippen MR) is 108 cm³/mol. The fourth-order valence-electron chi connectivity index (χ4n) is 2.89. The molecule has 3 aromatic heterocycles. The SMILES string of the molecule is Clc1cc(Sc2nnc(-c3ccccn3)n2-c2ccccc2)nc(C2CC2)n1. The standard InChI is InChI=1S/C20H15ClN6S/c21-16-12-17(24-18(23-16)13-9-10-13)28-20-26-25-19(15-8-4-5-11-22-15)27(20)14-6-2-1-3-7-14/h1-8,11-13H,9-10H2. The number of rotatable bonds is 5. The van der Waals surface area contributed by atoms with Crippen molar-refractivity contribution in [3.8, 4) is 17.2 Å². The van der Waals surface area contributed by atoms with Gasteiger partial charge < -0.3 is 0 Å². The Morgan fingerprint density at radius 2 is 1.79 bits per heavy atom. The van der Waals surface area contributed by atoms with Gasteiger partial charge in [0.25, 0.3) is 0 Å². The lowest BCUT2D eigenvalue weighted by Gasteiger charge is -2.10. The normalized spacial score (nSPS) is 13.6. The Morgan fingerprint density at radius 1 is 0.964 bits per heavy atom. The minimum atomic E-state index is 0.425. The lowest BCUT2D eigenvalue weighted by atomic mass is 10.3.